The molecule has 1 atom stereocenters. The first-order valence-corrected chi connectivity index (χ1v) is 15.7. The number of H-pyrrole nitrogens is 1. The molecule has 39 heavy (non-hydrogen) atoms. The van der Waals surface area contributed by atoms with Crippen LogP contribution < -0.4 is 20.1 Å². The van der Waals surface area contributed by atoms with E-state index in [-0.39, 0.29) is 30.6 Å². The van der Waals surface area contributed by atoms with Crippen LogP contribution in [-0.2, 0) is 31.1 Å². The van der Waals surface area contributed by atoms with E-state index in [1.807, 2.05) is 24.4 Å². The van der Waals surface area contributed by atoms with Gasteiger partial charge < -0.3 is 25.3 Å². The molecule has 1 fully saturated rings. The molecule has 1 saturated heterocycles. The van der Waals surface area contributed by atoms with Crippen LogP contribution in [0.1, 0.15) is 12.5 Å². The van der Waals surface area contributed by atoms with E-state index in [1.165, 1.54) is 0 Å². The molecule has 1 aliphatic heterocycles. The van der Waals surface area contributed by atoms with Crippen molar-refractivity contribution in [2.45, 2.75) is 17.9 Å². The molecule has 3 aromatic rings. The third-order valence-electron chi connectivity index (χ3n) is 6.68. The highest BCUT2D eigenvalue weighted by molar-refractivity contribution is 8.09. The van der Waals surface area contributed by atoms with E-state index in [1.54, 1.807) is 29.2 Å². The standard InChI is InChI=1S/C25H33N5O6S2.ClH/c1-18(37(2,32)33)38(34,35)28-20-3-5-21(6-4-20)29-11-13-30(14-12-29)25(31)17-36-22-7-8-24-23(15-22)19(9-10-26)16-27-24;/h3-8,15-16,18,27-28H,9-14,17,26H2,1-2H3;1H. The van der Waals surface area contributed by atoms with Crippen LogP contribution in [0.25, 0.3) is 10.9 Å². The molecular formula is C25H34ClN5O6S2. The van der Waals surface area contributed by atoms with Crippen LogP contribution in [0.5, 0.6) is 5.75 Å². The second-order valence-corrected chi connectivity index (χ2v) is 14.0. The molecule has 0 spiro atoms. The van der Waals surface area contributed by atoms with Crippen molar-refractivity contribution >= 4 is 60.5 Å². The molecule has 11 nitrogen and oxygen atoms in total. The quantitative estimate of drug-likeness (QED) is 0.319. The molecule has 14 heteroatoms. The maximum atomic E-state index is 12.8. The summed E-state index contributed by atoms with van der Waals surface area (Å²) in [7, 11) is -7.83. The van der Waals surface area contributed by atoms with Gasteiger partial charge in [0.1, 0.15) is 5.75 Å². The molecule has 2 aromatic carbocycles. The van der Waals surface area contributed by atoms with E-state index in [0.29, 0.717) is 38.5 Å². The van der Waals surface area contributed by atoms with E-state index in [0.717, 1.165) is 41.8 Å². The second kappa shape index (κ2) is 12.5. The van der Waals surface area contributed by atoms with E-state index < -0.39 is 24.4 Å². The van der Waals surface area contributed by atoms with Gasteiger partial charge in [-0.1, -0.05) is 0 Å². The highest BCUT2D eigenvalue weighted by Crippen LogP contribution is 2.25. The van der Waals surface area contributed by atoms with Crippen molar-refractivity contribution in [3.8, 4) is 5.75 Å². The predicted octanol–water partition coefficient (Wildman–Crippen LogP) is 1.95. The van der Waals surface area contributed by atoms with Crippen LogP contribution in [0.15, 0.2) is 48.7 Å². The third-order valence-corrected chi connectivity index (χ3v) is 11.1. The van der Waals surface area contributed by atoms with E-state index in [2.05, 4.69) is 14.6 Å². The number of ether oxygens (including phenoxy) is 1. The maximum Gasteiger partial charge on any atom is 0.260 e. The number of sulfonamides is 1. The van der Waals surface area contributed by atoms with E-state index in [4.69, 9.17) is 10.5 Å². The maximum absolute atomic E-state index is 12.8. The SMILES string of the molecule is CC(S(C)(=O)=O)S(=O)(=O)Nc1ccc(N2CCN(C(=O)COc3ccc4[nH]cc(CCN)c4c3)CC2)cc1.Cl. The Labute approximate surface area is 235 Å². The highest BCUT2D eigenvalue weighted by Gasteiger charge is 2.30. The first-order valence-electron chi connectivity index (χ1n) is 12.2. The van der Waals surface area contributed by atoms with Crippen LogP contribution in [0.3, 0.4) is 0 Å². The first-order chi connectivity index (χ1) is 18.0. The van der Waals surface area contributed by atoms with Gasteiger partial charge in [0.05, 0.1) is 0 Å². The molecule has 214 valence electrons. The van der Waals surface area contributed by atoms with Crippen molar-refractivity contribution in [1.29, 1.82) is 0 Å². The predicted molar refractivity (Wildman–Crippen MR) is 156 cm³/mol. The fourth-order valence-corrected chi connectivity index (χ4v) is 6.89. The van der Waals surface area contributed by atoms with Gasteiger partial charge in [-0.2, -0.15) is 0 Å². The molecule has 1 unspecified atom stereocenters. The lowest BCUT2D eigenvalue weighted by Crippen LogP contribution is -2.50. The molecule has 1 aliphatic rings. The fourth-order valence-electron chi connectivity index (χ4n) is 4.28. The Morgan fingerprint density at radius 3 is 2.36 bits per heavy atom. The van der Waals surface area contributed by atoms with Gasteiger partial charge in [0.2, 0.25) is 10.0 Å². The fraction of sp³-hybridized carbons (Fsp3) is 0.400. The van der Waals surface area contributed by atoms with Gasteiger partial charge in [-0.3, -0.25) is 9.52 Å². The van der Waals surface area contributed by atoms with Gasteiger partial charge in [0, 0.05) is 60.9 Å². The zero-order chi connectivity index (χ0) is 27.5. The number of benzene rings is 2. The minimum atomic E-state index is -4.08. The number of aromatic nitrogens is 1. The summed E-state index contributed by atoms with van der Waals surface area (Å²) in [5, 5.41) is 1.04. The van der Waals surface area contributed by atoms with E-state index in [9.17, 15) is 21.6 Å². The zero-order valence-electron chi connectivity index (χ0n) is 21.8. The van der Waals surface area contributed by atoms with Crippen LogP contribution in [-0.4, -0.2) is 82.8 Å². The summed E-state index contributed by atoms with van der Waals surface area (Å²) in [6.45, 7) is 3.91. The lowest BCUT2D eigenvalue weighted by molar-refractivity contribution is -0.133. The summed E-state index contributed by atoms with van der Waals surface area (Å²) >= 11 is 0. The normalized spacial score (nSPS) is 15.1. The van der Waals surface area contributed by atoms with Gasteiger partial charge in [0.15, 0.2) is 21.0 Å². The van der Waals surface area contributed by atoms with Crippen molar-refractivity contribution in [1.82, 2.24) is 9.88 Å². The third kappa shape index (κ3) is 7.35. The van der Waals surface area contributed by atoms with Gasteiger partial charge in [-0.15, -0.1) is 12.4 Å². The molecular weight excluding hydrogens is 566 g/mol. The van der Waals surface area contributed by atoms with Crippen molar-refractivity contribution < 1.29 is 26.4 Å². The van der Waals surface area contributed by atoms with Gasteiger partial charge in [0.25, 0.3) is 5.91 Å². The van der Waals surface area contributed by atoms with Crippen molar-refractivity contribution in [3.63, 3.8) is 0 Å². The number of anilines is 2. The number of nitrogens with two attached hydrogens (primary N) is 1. The molecule has 4 rings (SSSR count). The summed E-state index contributed by atoms with van der Waals surface area (Å²) in [6.07, 6.45) is 3.59. The van der Waals surface area contributed by atoms with Gasteiger partial charge in [-0.05, 0) is 67.9 Å². The number of carbonyl (C=O) groups is 1. The topological polar surface area (TPSA) is 155 Å². The lowest BCUT2D eigenvalue weighted by Gasteiger charge is -2.36. The number of fused-ring (bicyclic) bond motifs is 1. The number of aromatic amines is 1. The summed E-state index contributed by atoms with van der Waals surface area (Å²) in [4.78, 5) is 19.8. The minimum Gasteiger partial charge on any atom is -0.484 e. The van der Waals surface area contributed by atoms with Gasteiger partial charge >= 0.3 is 0 Å². The minimum absolute atomic E-state index is 0. The van der Waals surface area contributed by atoms with Gasteiger partial charge in [-0.25, -0.2) is 16.8 Å². The largest absolute Gasteiger partial charge is 0.484 e. The summed E-state index contributed by atoms with van der Waals surface area (Å²) < 4.78 is 54.4. The molecule has 0 bridgehead atoms. The number of nitrogens with zero attached hydrogens (tertiary/aromatic N) is 2. The Hall–Kier alpha value is -3.00. The summed E-state index contributed by atoms with van der Waals surface area (Å²) in [5.41, 5.74) is 8.95. The van der Waals surface area contributed by atoms with E-state index >= 15 is 0 Å². The van der Waals surface area contributed by atoms with Crippen molar-refractivity contribution in [2.75, 3.05) is 55.2 Å². The number of rotatable bonds is 10. The van der Waals surface area contributed by atoms with Crippen LogP contribution in [0.4, 0.5) is 11.4 Å². The van der Waals surface area contributed by atoms with Crippen LogP contribution in [0.2, 0.25) is 0 Å². The Balaban J connectivity index is 0.00000420. The smallest absolute Gasteiger partial charge is 0.260 e. The summed E-state index contributed by atoms with van der Waals surface area (Å²) in [6, 6.07) is 12.4. The van der Waals surface area contributed by atoms with Crippen LogP contribution >= 0.6 is 12.4 Å². The Kier molecular flexibility index (Phi) is 9.75. The number of nitrogens with one attached hydrogen (secondary N) is 2. The Morgan fingerprint density at radius 1 is 1.08 bits per heavy atom. The number of sulfone groups is 1. The highest BCUT2D eigenvalue weighted by atomic mass is 35.5. The number of amides is 1. The number of carbonyl (C=O) groups excluding carboxylic acids is 1. The number of hydrogen-bond acceptors (Lipinski definition) is 8. The van der Waals surface area contributed by atoms with Crippen LogP contribution in [0, 0.1) is 0 Å². The molecule has 2 heterocycles. The second-order valence-electron chi connectivity index (χ2n) is 9.31. The average molecular weight is 600 g/mol. The number of hydrogen-bond donors (Lipinski definition) is 3. The molecule has 0 aliphatic carbocycles. The molecule has 0 radical (unpaired) electrons. The Morgan fingerprint density at radius 2 is 1.74 bits per heavy atom. The zero-order valence-corrected chi connectivity index (χ0v) is 24.2. The Bertz CT molecular complexity index is 1500. The number of piperazine rings is 1. The monoisotopic (exact) mass is 599 g/mol. The average Bonchev–Trinajstić information content (AvgIpc) is 3.29. The van der Waals surface area contributed by atoms with Crippen molar-refractivity contribution in [3.05, 3.63) is 54.2 Å². The summed E-state index contributed by atoms with van der Waals surface area (Å²) in [5.74, 6) is 0.537. The number of halogens is 1. The molecule has 1 amide bonds. The molecule has 4 N–H and O–H groups in total. The molecule has 1 aromatic heterocycles. The van der Waals surface area contributed by atoms with Crippen molar-refractivity contribution in [2.24, 2.45) is 5.73 Å². The molecule has 0 saturated carbocycles. The lowest BCUT2D eigenvalue weighted by atomic mass is 10.1. The first kappa shape index (κ1) is 30.5.